The molecule has 13 heteroatoms. The molecule has 0 radical (unpaired) electrons. The molecule has 1 saturated heterocycles. The lowest BCUT2D eigenvalue weighted by molar-refractivity contribution is -0.0949. The fourth-order valence-electron chi connectivity index (χ4n) is 4.41. The fraction of sp³-hybridized carbons (Fsp3) is 0.296. The van der Waals surface area contributed by atoms with Crippen molar-refractivity contribution in [2.75, 3.05) is 20.3 Å². The molecule has 4 aromatic rings. The second-order valence-corrected chi connectivity index (χ2v) is 11.6. The van der Waals surface area contributed by atoms with Gasteiger partial charge in [0.15, 0.2) is 5.76 Å². The van der Waals surface area contributed by atoms with Crippen molar-refractivity contribution >= 4 is 27.3 Å². The molecule has 0 saturated carbocycles. The second kappa shape index (κ2) is 11.9. The van der Waals surface area contributed by atoms with Gasteiger partial charge in [-0.15, -0.1) is 11.3 Å². The van der Waals surface area contributed by atoms with Crippen LogP contribution in [0.1, 0.15) is 29.4 Å². The summed E-state index contributed by atoms with van der Waals surface area (Å²) in [6, 6.07) is 15.4. The van der Waals surface area contributed by atoms with Crippen LogP contribution in [0.3, 0.4) is 0 Å². The Morgan fingerprint density at radius 3 is 2.48 bits per heavy atom. The number of sulfonamides is 1. The molecule has 0 aliphatic carbocycles. The number of oxazole rings is 1. The molecule has 0 atom stereocenters. The minimum absolute atomic E-state index is 0.000874. The van der Waals surface area contributed by atoms with Crippen molar-refractivity contribution in [1.82, 2.24) is 9.97 Å². The number of oxime groups is 1. The molecule has 0 amide bonds. The first-order valence-electron chi connectivity index (χ1n) is 12.4. The summed E-state index contributed by atoms with van der Waals surface area (Å²) in [6.45, 7) is 1.31. The van der Waals surface area contributed by atoms with Crippen LogP contribution >= 0.6 is 11.3 Å². The Morgan fingerprint density at radius 2 is 1.82 bits per heavy atom. The van der Waals surface area contributed by atoms with E-state index in [0.29, 0.717) is 35.9 Å². The number of benzene rings is 2. The highest BCUT2D eigenvalue weighted by atomic mass is 32.2. The number of primary sulfonamides is 1. The Kier molecular flexibility index (Phi) is 8.28. The Labute approximate surface area is 235 Å². The zero-order valence-electron chi connectivity index (χ0n) is 21.6. The molecule has 0 spiro atoms. The summed E-state index contributed by atoms with van der Waals surface area (Å²) >= 11 is 1.50. The van der Waals surface area contributed by atoms with Crippen LogP contribution in [0, 0.1) is 0 Å². The van der Waals surface area contributed by atoms with Crippen molar-refractivity contribution in [2.24, 2.45) is 10.3 Å². The largest absolute Gasteiger partial charge is 0.472 e. The van der Waals surface area contributed by atoms with Gasteiger partial charge in [0.05, 0.1) is 10.6 Å². The third kappa shape index (κ3) is 6.08. The van der Waals surface area contributed by atoms with E-state index >= 15 is 0 Å². The van der Waals surface area contributed by atoms with E-state index < -0.39 is 15.6 Å². The molecule has 11 nitrogen and oxygen atoms in total. The Hall–Kier alpha value is -3.62. The van der Waals surface area contributed by atoms with Crippen molar-refractivity contribution in [3.63, 3.8) is 0 Å². The smallest absolute Gasteiger partial charge is 0.238 e. The number of methoxy groups -OCH3 is 1. The van der Waals surface area contributed by atoms with Crippen LogP contribution in [0.15, 0.2) is 74.4 Å². The van der Waals surface area contributed by atoms with Gasteiger partial charge in [0, 0.05) is 49.7 Å². The van der Waals surface area contributed by atoms with Gasteiger partial charge in [-0.3, -0.25) is 0 Å². The van der Waals surface area contributed by atoms with Crippen LogP contribution in [-0.4, -0.2) is 49.8 Å². The van der Waals surface area contributed by atoms with Crippen molar-refractivity contribution in [1.29, 1.82) is 0 Å². The first-order chi connectivity index (χ1) is 19.3. The number of hydrogen-bond acceptors (Lipinski definition) is 11. The van der Waals surface area contributed by atoms with Crippen molar-refractivity contribution < 1.29 is 32.3 Å². The first kappa shape index (κ1) is 27.9. The van der Waals surface area contributed by atoms with Gasteiger partial charge in [-0.2, -0.15) is 0 Å². The maximum Gasteiger partial charge on any atom is 0.238 e. The van der Waals surface area contributed by atoms with Crippen molar-refractivity contribution in [2.45, 2.75) is 36.4 Å². The van der Waals surface area contributed by atoms with E-state index in [1.54, 1.807) is 19.2 Å². The quantitative estimate of drug-likeness (QED) is 0.126. The number of rotatable bonds is 9. The monoisotopic (exact) mass is 584 g/mol. The zero-order valence-corrected chi connectivity index (χ0v) is 23.3. The molecule has 2 aromatic carbocycles. The van der Waals surface area contributed by atoms with E-state index in [9.17, 15) is 13.6 Å². The van der Waals surface area contributed by atoms with Gasteiger partial charge in [0.1, 0.15) is 29.3 Å². The maximum absolute atomic E-state index is 11.7. The molecule has 5 rings (SSSR count). The summed E-state index contributed by atoms with van der Waals surface area (Å²) in [4.78, 5) is 9.32. The topological polar surface area (TPSA) is 159 Å². The number of aromatic nitrogens is 2. The predicted molar refractivity (Wildman–Crippen MR) is 147 cm³/mol. The summed E-state index contributed by atoms with van der Waals surface area (Å²) in [5.41, 5.74) is 2.15. The summed E-state index contributed by atoms with van der Waals surface area (Å²) in [5.74, 6) is 0.667. The standard InChI is InChI=1S/C27H28N4O7S2/c1-35-27(11-13-36-14-12-27)26-29-20(17-39-26)16-37-23(31-32)15-22-30-24(18-5-3-2-4-6-18)25(38-22)19-7-9-21(10-8-19)40(28,33)34/h2-10,17,32H,11-16H2,1H3,(H2,28,33,34)/b31-23-. The lowest BCUT2D eigenvalue weighted by Crippen LogP contribution is -2.35. The molecule has 1 fully saturated rings. The molecule has 210 valence electrons. The van der Waals surface area contributed by atoms with Gasteiger partial charge >= 0.3 is 0 Å². The van der Waals surface area contributed by atoms with Gasteiger partial charge in [-0.05, 0) is 24.3 Å². The average Bonchev–Trinajstić information content (AvgIpc) is 3.64. The maximum atomic E-state index is 11.7. The Balaban J connectivity index is 1.34. The van der Waals surface area contributed by atoms with Crippen LogP contribution in [0.2, 0.25) is 0 Å². The number of nitrogens with two attached hydrogens (primary N) is 1. The molecule has 3 heterocycles. The molecule has 0 bridgehead atoms. The van der Waals surface area contributed by atoms with E-state index in [1.807, 2.05) is 35.7 Å². The lowest BCUT2D eigenvalue weighted by Gasteiger charge is -2.33. The van der Waals surface area contributed by atoms with E-state index in [2.05, 4.69) is 10.1 Å². The summed E-state index contributed by atoms with van der Waals surface area (Å²) in [6.07, 6.45) is 1.42. The molecule has 1 aliphatic heterocycles. The number of hydrogen-bond donors (Lipinski definition) is 2. The van der Waals surface area contributed by atoms with E-state index in [-0.39, 0.29) is 29.7 Å². The van der Waals surface area contributed by atoms with Gasteiger partial charge < -0.3 is 23.8 Å². The van der Waals surface area contributed by atoms with Gasteiger partial charge in [-0.25, -0.2) is 23.5 Å². The summed E-state index contributed by atoms with van der Waals surface area (Å²) in [7, 11) is -2.16. The number of nitrogens with zero attached hydrogens (tertiary/aromatic N) is 3. The molecular formula is C27H28N4O7S2. The molecule has 0 unspecified atom stereocenters. The first-order valence-corrected chi connectivity index (χ1v) is 14.8. The highest BCUT2D eigenvalue weighted by Gasteiger charge is 2.37. The average molecular weight is 585 g/mol. The van der Waals surface area contributed by atoms with Crippen LogP contribution in [-0.2, 0) is 42.9 Å². The van der Waals surface area contributed by atoms with E-state index in [1.165, 1.54) is 23.5 Å². The van der Waals surface area contributed by atoms with Gasteiger partial charge in [0.2, 0.25) is 21.8 Å². The molecule has 3 N–H and O–H groups in total. The Bertz CT molecular complexity index is 1580. The zero-order chi connectivity index (χ0) is 28.2. The predicted octanol–water partition coefficient (Wildman–Crippen LogP) is 4.31. The van der Waals surface area contributed by atoms with Crippen molar-refractivity contribution in [3.05, 3.63) is 76.6 Å². The van der Waals surface area contributed by atoms with Crippen LogP contribution in [0.25, 0.3) is 22.6 Å². The van der Waals surface area contributed by atoms with Gasteiger partial charge in [-0.1, -0.05) is 35.5 Å². The van der Waals surface area contributed by atoms with Crippen LogP contribution < -0.4 is 5.14 Å². The molecule has 1 aliphatic rings. The highest BCUT2D eigenvalue weighted by Crippen LogP contribution is 2.37. The lowest BCUT2D eigenvalue weighted by atomic mass is 9.95. The number of thiazole rings is 1. The molecule has 40 heavy (non-hydrogen) atoms. The third-order valence-electron chi connectivity index (χ3n) is 6.60. The van der Waals surface area contributed by atoms with Crippen molar-refractivity contribution in [3.8, 4) is 22.6 Å². The number of ether oxygens (including phenoxy) is 3. The minimum Gasteiger partial charge on any atom is -0.472 e. The summed E-state index contributed by atoms with van der Waals surface area (Å²) < 4.78 is 46.5. The fourth-order valence-corrected chi connectivity index (χ4v) is 5.97. The second-order valence-electron chi connectivity index (χ2n) is 9.13. The SMILES string of the molecule is COC1(c2nc(CO/C(Cc3nc(-c4ccccc4)c(-c4ccc(S(N)(=O)=O)cc4)o3)=N\O)cs2)CCOCC1. The normalized spacial score (nSPS) is 15.7. The third-order valence-corrected chi connectivity index (χ3v) is 8.60. The van der Waals surface area contributed by atoms with E-state index in [4.69, 9.17) is 28.8 Å². The van der Waals surface area contributed by atoms with Gasteiger partial charge in [0.25, 0.3) is 0 Å². The van der Waals surface area contributed by atoms with Crippen LogP contribution in [0.4, 0.5) is 0 Å². The Morgan fingerprint density at radius 1 is 1.10 bits per heavy atom. The van der Waals surface area contributed by atoms with E-state index in [0.717, 1.165) is 23.4 Å². The molecular weight excluding hydrogens is 556 g/mol. The molecule has 2 aromatic heterocycles. The summed E-state index contributed by atoms with van der Waals surface area (Å²) in [5, 5.41) is 20.9. The minimum atomic E-state index is -3.84. The highest BCUT2D eigenvalue weighted by molar-refractivity contribution is 7.89. The van der Waals surface area contributed by atoms with Crippen LogP contribution in [0.5, 0.6) is 0 Å².